The molecule has 46 heavy (non-hydrogen) atoms. The van der Waals surface area contributed by atoms with Crippen molar-refractivity contribution in [1.29, 1.82) is 0 Å². The first kappa shape index (κ1) is 31.0. The molecule has 1 aliphatic rings. The van der Waals surface area contributed by atoms with Crippen molar-refractivity contribution in [2.24, 2.45) is 0 Å². The Morgan fingerprint density at radius 2 is 1.72 bits per heavy atom. The van der Waals surface area contributed by atoms with Crippen molar-refractivity contribution in [3.8, 4) is 27.6 Å². The molecule has 1 aliphatic heterocycles. The largest absolute Gasteiger partial charge is 0.454 e. The van der Waals surface area contributed by atoms with E-state index >= 15 is 0 Å². The van der Waals surface area contributed by atoms with Gasteiger partial charge in [0.25, 0.3) is 5.56 Å². The first-order valence-corrected chi connectivity index (χ1v) is 15.4. The van der Waals surface area contributed by atoms with Crippen molar-refractivity contribution < 1.29 is 23.0 Å². The summed E-state index contributed by atoms with van der Waals surface area (Å²) in [7, 11) is 3.46. The molecule has 0 radical (unpaired) electrons. The van der Waals surface area contributed by atoms with Crippen LogP contribution in [0.15, 0.2) is 70.3 Å². The number of rotatable bonds is 9. The van der Waals surface area contributed by atoms with Gasteiger partial charge in [-0.25, -0.2) is 22.9 Å². The number of hydrogen-bond acceptors (Lipinski definition) is 7. The van der Waals surface area contributed by atoms with Crippen LogP contribution in [-0.2, 0) is 13.1 Å². The van der Waals surface area contributed by atoms with Crippen molar-refractivity contribution in [3.63, 3.8) is 0 Å². The number of amides is 2. The van der Waals surface area contributed by atoms with Crippen LogP contribution in [0.1, 0.15) is 24.5 Å². The van der Waals surface area contributed by atoms with Crippen LogP contribution >= 0.6 is 11.3 Å². The van der Waals surface area contributed by atoms with Gasteiger partial charge in [0.2, 0.25) is 6.79 Å². The Bertz CT molecular complexity index is 2050. The lowest BCUT2D eigenvalue weighted by Crippen LogP contribution is -2.39. The standard InChI is InChI=1S/C33H31F2N5O5S/c1-4-14-38(3)16-23-28-30(41)40(21-12-13-26-27(15-21)45-18-44-26)33(43)39(17-22-24(34)6-5-7-25(22)35)31(28)46-29(23)19-8-10-20(11-9-19)37-32(42)36-2/h5-13,15H,4,14,16-18H2,1-3H3,(H2,36,37,42). The molecule has 3 aromatic carbocycles. The summed E-state index contributed by atoms with van der Waals surface area (Å²) in [5, 5.41) is 5.50. The van der Waals surface area contributed by atoms with E-state index in [1.807, 2.05) is 19.2 Å². The topological polar surface area (TPSA) is 107 Å². The number of nitrogens with zero attached hydrogens (tertiary/aromatic N) is 3. The van der Waals surface area contributed by atoms with E-state index in [0.717, 1.165) is 35.2 Å². The van der Waals surface area contributed by atoms with Crippen molar-refractivity contribution in [2.75, 3.05) is 32.7 Å². The molecule has 0 bridgehead atoms. The summed E-state index contributed by atoms with van der Waals surface area (Å²) >= 11 is 1.20. The fourth-order valence-electron chi connectivity index (χ4n) is 5.51. The number of carbonyl (C=O) groups is 1. The summed E-state index contributed by atoms with van der Waals surface area (Å²) in [4.78, 5) is 43.6. The summed E-state index contributed by atoms with van der Waals surface area (Å²) in [5.41, 5.74) is 0.583. The van der Waals surface area contributed by atoms with Crippen LogP contribution in [0.4, 0.5) is 19.3 Å². The molecule has 13 heteroatoms. The van der Waals surface area contributed by atoms with Gasteiger partial charge in [-0.05, 0) is 67.5 Å². The summed E-state index contributed by atoms with van der Waals surface area (Å²) < 4.78 is 43.2. The van der Waals surface area contributed by atoms with Crippen molar-refractivity contribution >= 4 is 33.3 Å². The molecule has 2 amide bonds. The zero-order valence-corrected chi connectivity index (χ0v) is 26.2. The van der Waals surface area contributed by atoms with E-state index in [1.54, 1.807) is 30.3 Å². The summed E-state index contributed by atoms with van der Waals surface area (Å²) in [6.07, 6.45) is 0.868. The van der Waals surface area contributed by atoms with Gasteiger partial charge in [0.1, 0.15) is 16.5 Å². The van der Waals surface area contributed by atoms with Crippen molar-refractivity contribution in [2.45, 2.75) is 26.4 Å². The lowest BCUT2D eigenvalue weighted by molar-refractivity contribution is 0.174. The molecular weight excluding hydrogens is 616 g/mol. The molecule has 3 heterocycles. The summed E-state index contributed by atoms with van der Waals surface area (Å²) in [5.74, 6) is -0.768. The van der Waals surface area contributed by atoms with Gasteiger partial charge in [0.05, 0.1) is 17.6 Å². The maximum Gasteiger partial charge on any atom is 0.337 e. The minimum atomic E-state index is -0.806. The molecule has 6 rings (SSSR count). The number of halogens is 2. The van der Waals surface area contributed by atoms with Gasteiger partial charge in [-0.3, -0.25) is 9.36 Å². The Kier molecular flexibility index (Phi) is 8.61. The van der Waals surface area contributed by atoms with Crippen LogP contribution in [0.25, 0.3) is 26.3 Å². The van der Waals surface area contributed by atoms with E-state index in [-0.39, 0.29) is 34.3 Å². The van der Waals surface area contributed by atoms with Crippen molar-refractivity contribution in [1.82, 2.24) is 19.4 Å². The average Bonchev–Trinajstić information content (AvgIpc) is 3.66. The van der Waals surface area contributed by atoms with E-state index in [1.165, 1.54) is 29.0 Å². The van der Waals surface area contributed by atoms with Crippen LogP contribution in [-0.4, -0.2) is 47.5 Å². The number of fused-ring (bicyclic) bond motifs is 2. The lowest BCUT2D eigenvalue weighted by atomic mass is 10.1. The third-order valence-electron chi connectivity index (χ3n) is 7.73. The number of thiophene rings is 1. The molecule has 0 fully saturated rings. The quantitative estimate of drug-likeness (QED) is 0.218. The van der Waals surface area contributed by atoms with E-state index in [9.17, 15) is 23.2 Å². The number of aromatic nitrogens is 2. The van der Waals surface area contributed by atoms with Gasteiger partial charge in [0, 0.05) is 35.8 Å². The van der Waals surface area contributed by atoms with Gasteiger partial charge >= 0.3 is 11.7 Å². The third kappa shape index (κ3) is 5.74. The van der Waals surface area contributed by atoms with Gasteiger partial charge in [-0.1, -0.05) is 25.1 Å². The van der Waals surface area contributed by atoms with Crippen LogP contribution in [0.2, 0.25) is 0 Å². The van der Waals surface area contributed by atoms with Crippen LogP contribution in [0.5, 0.6) is 11.5 Å². The van der Waals surface area contributed by atoms with Crippen LogP contribution in [0, 0.1) is 11.6 Å². The Hall–Kier alpha value is -5.01. The predicted octanol–water partition coefficient (Wildman–Crippen LogP) is 5.53. The zero-order chi connectivity index (χ0) is 32.5. The molecule has 0 unspecified atom stereocenters. The number of ether oxygens (including phenoxy) is 2. The normalized spacial score (nSPS) is 12.2. The molecule has 238 valence electrons. The Balaban J connectivity index is 1.64. The Morgan fingerprint density at radius 3 is 2.41 bits per heavy atom. The number of nitrogens with one attached hydrogen (secondary N) is 2. The fourth-order valence-corrected chi connectivity index (χ4v) is 6.82. The summed E-state index contributed by atoms with van der Waals surface area (Å²) in [6, 6.07) is 15.0. The molecule has 5 aromatic rings. The smallest absolute Gasteiger partial charge is 0.337 e. The second kappa shape index (κ2) is 12.8. The first-order chi connectivity index (χ1) is 22.2. The second-order valence-corrected chi connectivity index (χ2v) is 11.9. The van der Waals surface area contributed by atoms with E-state index < -0.39 is 29.4 Å². The highest BCUT2D eigenvalue weighted by Gasteiger charge is 2.26. The number of carbonyl (C=O) groups excluding carboxylic acids is 1. The van der Waals surface area contributed by atoms with Crippen LogP contribution < -0.4 is 31.4 Å². The molecule has 2 aromatic heterocycles. The highest BCUT2D eigenvalue weighted by molar-refractivity contribution is 7.22. The fraction of sp³-hybridized carbons (Fsp3) is 0.242. The van der Waals surface area contributed by atoms with Gasteiger partial charge < -0.3 is 25.0 Å². The Labute approximate surface area is 266 Å². The number of benzene rings is 3. The first-order valence-electron chi connectivity index (χ1n) is 14.6. The molecular formula is C33H31F2N5O5S. The average molecular weight is 648 g/mol. The van der Waals surface area contributed by atoms with Gasteiger partial charge in [0.15, 0.2) is 11.5 Å². The van der Waals surface area contributed by atoms with Crippen LogP contribution in [0.3, 0.4) is 0 Å². The maximum absolute atomic E-state index is 15.0. The van der Waals surface area contributed by atoms with Gasteiger partial charge in [-0.15, -0.1) is 11.3 Å². The Morgan fingerprint density at radius 1 is 1.00 bits per heavy atom. The van der Waals surface area contributed by atoms with E-state index in [2.05, 4.69) is 22.5 Å². The molecule has 0 saturated heterocycles. The predicted molar refractivity (Wildman–Crippen MR) is 173 cm³/mol. The van der Waals surface area contributed by atoms with Crippen molar-refractivity contribution in [3.05, 3.63) is 104 Å². The summed E-state index contributed by atoms with van der Waals surface area (Å²) in [6.45, 7) is 2.71. The minimum absolute atomic E-state index is 0.00272. The molecule has 0 spiro atoms. The number of anilines is 1. The molecule has 0 aliphatic carbocycles. The number of hydrogen-bond donors (Lipinski definition) is 2. The highest BCUT2D eigenvalue weighted by atomic mass is 32.1. The van der Waals surface area contributed by atoms with E-state index in [0.29, 0.717) is 34.2 Å². The maximum atomic E-state index is 15.0. The molecule has 10 nitrogen and oxygen atoms in total. The highest BCUT2D eigenvalue weighted by Crippen LogP contribution is 2.39. The number of urea groups is 1. The second-order valence-electron chi connectivity index (χ2n) is 10.9. The zero-order valence-electron chi connectivity index (χ0n) is 25.4. The molecule has 0 saturated carbocycles. The minimum Gasteiger partial charge on any atom is -0.454 e. The molecule has 2 N–H and O–H groups in total. The van der Waals surface area contributed by atoms with E-state index in [4.69, 9.17) is 9.47 Å². The lowest BCUT2D eigenvalue weighted by Gasteiger charge is -2.17. The molecule has 0 atom stereocenters. The third-order valence-corrected chi connectivity index (χ3v) is 9.03. The van der Waals surface area contributed by atoms with Gasteiger partial charge in [-0.2, -0.15) is 0 Å². The monoisotopic (exact) mass is 647 g/mol. The SMILES string of the molecule is CCCN(C)Cc1c(-c2ccc(NC(=O)NC)cc2)sc2c1c(=O)n(-c1ccc3c(c1)OCO3)c(=O)n2Cc1c(F)cccc1F.